The van der Waals surface area contributed by atoms with E-state index in [-0.39, 0.29) is 23.0 Å². The summed E-state index contributed by atoms with van der Waals surface area (Å²) in [6.45, 7) is 1.98. The lowest BCUT2D eigenvalue weighted by Gasteiger charge is -2.24. The van der Waals surface area contributed by atoms with E-state index >= 15 is 4.39 Å². The molecule has 1 aliphatic carbocycles. The maximum atomic E-state index is 15.0. The molecule has 2 N–H and O–H groups in total. The molecule has 1 aromatic heterocycles. The molecular formula is C19H21FN4O4. The number of benzene rings is 1. The molecule has 2 heterocycles. The topological polar surface area (TPSA) is 111 Å². The van der Waals surface area contributed by atoms with E-state index in [4.69, 9.17) is 5.73 Å². The van der Waals surface area contributed by atoms with Crippen molar-refractivity contribution in [3.8, 4) is 0 Å². The van der Waals surface area contributed by atoms with Gasteiger partial charge in [-0.1, -0.05) is 0 Å². The number of carbonyl (C=O) groups is 1. The second kappa shape index (κ2) is 6.66. The van der Waals surface area contributed by atoms with E-state index in [9.17, 15) is 19.7 Å². The standard InChI is InChI=1S/C19H21FN4O4/c1-10-17-13(6-15(20)18(10)22-5-4-11(21)7-22)19(26)14(16(25)9-24(27)28)8-23(17)12-2-3-12/h6,8,11-12H,2-5,7,9,21H2,1H3/t11-/m1/s1. The van der Waals surface area contributed by atoms with Crippen LogP contribution in [0.15, 0.2) is 17.1 Å². The number of fused-ring (bicyclic) bond motifs is 1. The summed E-state index contributed by atoms with van der Waals surface area (Å²) in [5.74, 6) is -1.41. The molecule has 0 bridgehead atoms. The highest BCUT2D eigenvalue weighted by atomic mass is 19.1. The third-order valence-electron chi connectivity index (χ3n) is 5.53. The van der Waals surface area contributed by atoms with Gasteiger partial charge in [0.05, 0.1) is 16.8 Å². The molecule has 28 heavy (non-hydrogen) atoms. The van der Waals surface area contributed by atoms with Crippen LogP contribution in [-0.2, 0) is 0 Å². The van der Waals surface area contributed by atoms with Crippen molar-refractivity contribution >= 4 is 22.4 Å². The Labute approximate surface area is 159 Å². The molecule has 1 saturated carbocycles. The van der Waals surface area contributed by atoms with Crippen LogP contribution in [0.5, 0.6) is 0 Å². The van der Waals surface area contributed by atoms with Crippen LogP contribution in [-0.4, -0.2) is 40.9 Å². The molecule has 1 aliphatic heterocycles. The molecule has 1 atom stereocenters. The first-order valence-corrected chi connectivity index (χ1v) is 9.31. The molecule has 2 fully saturated rings. The average molecular weight is 388 g/mol. The highest BCUT2D eigenvalue weighted by molar-refractivity contribution is 6.00. The Morgan fingerprint density at radius 3 is 2.68 bits per heavy atom. The lowest BCUT2D eigenvalue weighted by molar-refractivity contribution is -0.465. The number of rotatable bonds is 5. The zero-order valence-electron chi connectivity index (χ0n) is 15.5. The zero-order valence-corrected chi connectivity index (χ0v) is 15.5. The minimum Gasteiger partial charge on any atom is -0.367 e. The minimum atomic E-state index is -0.962. The number of nitro groups is 1. The van der Waals surface area contributed by atoms with Gasteiger partial charge in [0.2, 0.25) is 11.2 Å². The SMILES string of the molecule is Cc1c(N2CC[C@@H](N)C2)c(F)cc2c(=O)c(C(=O)C[N+](=O)[O-])cn(C3CC3)c12. The van der Waals surface area contributed by atoms with Gasteiger partial charge in [-0.25, -0.2) is 4.39 Å². The van der Waals surface area contributed by atoms with Crippen LogP contribution in [0, 0.1) is 22.9 Å². The number of hydrogen-bond acceptors (Lipinski definition) is 6. The Morgan fingerprint density at radius 2 is 2.11 bits per heavy atom. The van der Waals surface area contributed by atoms with E-state index in [1.807, 2.05) is 9.47 Å². The van der Waals surface area contributed by atoms with Gasteiger partial charge in [-0.15, -0.1) is 0 Å². The molecule has 1 saturated heterocycles. The molecule has 1 aromatic carbocycles. The number of hydrogen-bond donors (Lipinski definition) is 1. The van der Waals surface area contributed by atoms with Gasteiger partial charge in [0.15, 0.2) is 0 Å². The fourth-order valence-electron chi connectivity index (χ4n) is 4.09. The third kappa shape index (κ3) is 3.05. The molecule has 4 rings (SSSR count). The number of carbonyl (C=O) groups excluding carboxylic acids is 1. The molecule has 0 radical (unpaired) electrons. The summed E-state index contributed by atoms with van der Waals surface area (Å²) in [4.78, 5) is 36.9. The van der Waals surface area contributed by atoms with Crippen LogP contribution in [0.3, 0.4) is 0 Å². The van der Waals surface area contributed by atoms with E-state index in [0.29, 0.717) is 29.9 Å². The number of nitrogens with two attached hydrogens (primary N) is 1. The average Bonchev–Trinajstić information content (AvgIpc) is 3.37. The Kier molecular flexibility index (Phi) is 4.41. The van der Waals surface area contributed by atoms with Crippen molar-refractivity contribution in [2.45, 2.75) is 38.3 Å². The van der Waals surface area contributed by atoms with Gasteiger partial charge < -0.3 is 15.2 Å². The number of aromatic nitrogens is 1. The maximum Gasteiger partial charge on any atom is 0.266 e. The minimum absolute atomic E-state index is 0.0257. The number of Topliss-reactive ketones (excluding diaryl/α,β-unsaturated/α-hetero) is 1. The predicted molar refractivity (Wildman–Crippen MR) is 102 cm³/mol. The molecule has 0 spiro atoms. The Balaban J connectivity index is 1.95. The van der Waals surface area contributed by atoms with Gasteiger partial charge in [-0.2, -0.15) is 0 Å². The first kappa shape index (κ1) is 18.5. The normalized spacial score (nSPS) is 19.4. The fourth-order valence-corrected chi connectivity index (χ4v) is 4.09. The number of nitrogens with zero attached hydrogens (tertiary/aromatic N) is 3. The summed E-state index contributed by atoms with van der Waals surface area (Å²) in [6.07, 6.45) is 3.93. The monoisotopic (exact) mass is 388 g/mol. The van der Waals surface area contributed by atoms with Gasteiger partial charge >= 0.3 is 0 Å². The summed E-state index contributed by atoms with van der Waals surface area (Å²) in [5, 5.41) is 10.8. The summed E-state index contributed by atoms with van der Waals surface area (Å²) in [7, 11) is 0. The predicted octanol–water partition coefficient (Wildman–Crippen LogP) is 1.78. The van der Waals surface area contributed by atoms with E-state index in [1.54, 1.807) is 6.92 Å². The van der Waals surface area contributed by atoms with Crippen LogP contribution < -0.4 is 16.1 Å². The van der Waals surface area contributed by atoms with Crippen LogP contribution in [0.1, 0.15) is 41.2 Å². The molecule has 2 aromatic rings. The molecule has 148 valence electrons. The number of halogens is 1. The zero-order chi connectivity index (χ0) is 20.2. The highest BCUT2D eigenvalue weighted by Gasteiger charge is 2.31. The number of aryl methyl sites for hydroxylation is 1. The first-order valence-electron chi connectivity index (χ1n) is 9.31. The van der Waals surface area contributed by atoms with Crippen LogP contribution >= 0.6 is 0 Å². The van der Waals surface area contributed by atoms with Crippen molar-refractivity contribution in [3.63, 3.8) is 0 Å². The van der Waals surface area contributed by atoms with E-state index in [2.05, 4.69) is 0 Å². The summed E-state index contributed by atoms with van der Waals surface area (Å²) in [5.41, 5.74) is 6.69. The second-order valence-electron chi connectivity index (χ2n) is 7.65. The largest absolute Gasteiger partial charge is 0.367 e. The van der Waals surface area contributed by atoms with Gasteiger partial charge in [0, 0.05) is 41.7 Å². The van der Waals surface area contributed by atoms with Gasteiger partial charge in [0.25, 0.3) is 6.54 Å². The van der Waals surface area contributed by atoms with Crippen LogP contribution in [0.25, 0.3) is 10.9 Å². The fraction of sp³-hybridized carbons (Fsp3) is 0.474. The lowest BCUT2D eigenvalue weighted by atomic mass is 10.0. The highest BCUT2D eigenvalue weighted by Crippen LogP contribution is 2.40. The molecule has 0 unspecified atom stereocenters. The molecule has 8 nitrogen and oxygen atoms in total. The van der Waals surface area contributed by atoms with Gasteiger partial charge in [-0.05, 0) is 37.8 Å². The molecule has 9 heteroatoms. The first-order chi connectivity index (χ1) is 13.3. The van der Waals surface area contributed by atoms with Crippen LogP contribution in [0.2, 0.25) is 0 Å². The van der Waals surface area contributed by atoms with E-state index in [1.165, 1.54) is 6.20 Å². The van der Waals surface area contributed by atoms with E-state index < -0.39 is 28.5 Å². The van der Waals surface area contributed by atoms with Crippen LogP contribution in [0.4, 0.5) is 10.1 Å². The second-order valence-corrected chi connectivity index (χ2v) is 7.65. The number of ketones is 1. The van der Waals surface area contributed by atoms with E-state index in [0.717, 1.165) is 25.3 Å². The van der Waals surface area contributed by atoms with Crippen molar-refractivity contribution in [1.82, 2.24) is 4.57 Å². The smallest absolute Gasteiger partial charge is 0.266 e. The maximum absolute atomic E-state index is 15.0. The molecule has 0 amide bonds. The van der Waals surface area contributed by atoms with Crippen molar-refractivity contribution < 1.29 is 14.1 Å². The quantitative estimate of drug-likeness (QED) is 0.475. The molecule has 2 aliphatic rings. The lowest BCUT2D eigenvalue weighted by Crippen LogP contribution is -2.28. The number of pyridine rings is 1. The Bertz CT molecular complexity index is 1060. The Hall–Kier alpha value is -2.81. The Morgan fingerprint density at radius 1 is 1.39 bits per heavy atom. The van der Waals surface area contributed by atoms with Gasteiger partial charge in [-0.3, -0.25) is 19.7 Å². The van der Waals surface area contributed by atoms with Crippen molar-refractivity contribution in [1.29, 1.82) is 0 Å². The van der Waals surface area contributed by atoms with Crippen molar-refractivity contribution in [2.24, 2.45) is 5.73 Å². The summed E-state index contributed by atoms with van der Waals surface area (Å²) >= 11 is 0. The molecular weight excluding hydrogens is 367 g/mol. The van der Waals surface area contributed by atoms with Gasteiger partial charge in [0.1, 0.15) is 5.82 Å². The summed E-state index contributed by atoms with van der Waals surface area (Å²) in [6, 6.07) is 1.23. The summed E-state index contributed by atoms with van der Waals surface area (Å²) < 4.78 is 16.8. The van der Waals surface area contributed by atoms with Crippen molar-refractivity contribution in [2.75, 3.05) is 24.5 Å². The van der Waals surface area contributed by atoms with Crippen molar-refractivity contribution in [3.05, 3.63) is 49.5 Å². The number of anilines is 1. The third-order valence-corrected chi connectivity index (χ3v) is 5.53.